The summed E-state index contributed by atoms with van der Waals surface area (Å²) in [6.45, 7) is -0.0946. The fourth-order valence-corrected chi connectivity index (χ4v) is 3.99. The van der Waals surface area contributed by atoms with Crippen LogP contribution < -0.4 is 11.1 Å². The summed E-state index contributed by atoms with van der Waals surface area (Å²) in [5.41, 5.74) is 5.39. The highest BCUT2D eigenvalue weighted by Crippen LogP contribution is 2.32. The molecule has 3 atom stereocenters. The van der Waals surface area contributed by atoms with Gasteiger partial charge in [-0.15, -0.1) is 0 Å². The van der Waals surface area contributed by atoms with Crippen molar-refractivity contribution in [2.24, 2.45) is 0 Å². The van der Waals surface area contributed by atoms with E-state index in [9.17, 15) is 27.9 Å². The van der Waals surface area contributed by atoms with E-state index in [2.05, 4.69) is 37.1 Å². The van der Waals surface area contributed by atoms with E-state index in [0.29, 0.717) is 0 Å². The number of anilines is 1. The second-order valence-electron chi connectivity index (χ2n) is 9.25. The number of aromatic nitrogens is 5. The van der Waals surface area contributed by atoms with E-state index in [4.69, 9.17) is 10.5 Å². The summed E-state index contributed by atoms with van der Waals surface area (Å²) in [5.74, 6) is 4.60. The molecule has 4 N–H and O–H groups in total. The van der Waals surface area contributed by atoms with Crippen molar-refractivity contribution in [1.29, 1.82) is 0 Å². The molecule has 4 heterocycles. The van der Waals surface area contributed by atoms with Gasteiger partial charge in [-0.3, -0.25) is 19.1 Å². The van der Waals surface area contributed by atoms with Crippen LogP contribution in [0, 0.1) is 11.8 Å². The molecule has 1 saturated carbocycles. The molecule has 0 radical (unpaired) electrons. The molecule has 2 fully saturated rings. The molecule has 0 spiro atoms. The van der Waals surface area contributed by atoms with Gasteiger partial charge in [0.25, 0.3) is 5.91 Å². The molecule has 12 nitrogen and oxygen atoms in total. The van der Waals surface area contributed by atoms with Gasteiger partial charge >= 0.3 is 6.18 Å². The number of aliphatic hydroxyl groups is 1. The molecule has 0 aromatic carbocycles. The van der Waals surface area contributed by atoms with Crippen LogP contribution in [-0.4, -0.2) is 78.2 Å². The van der Waals surface area contributed by atoms with Crippen LogP contribution >= 0.6 is 0 Å². The molecule has 0 bridgehead atoms. The zero-order valence-corrected chi connectivity index (χ0v) is 20.5. The molecule has 1 aliphatic heterocycles. The van der Waals surface area contributed by atoms with Gasteiger partial charge in [0.05, 0.1) is 18.4 Å². The maximum atomic E-state index is 12.7. The average molecular weight is 544 g/mol. The second-order valence-corrected chi connectivity index (χ2v) is 9.25. The van der Waals surface area contributed by atoms with Crippen LogP contribution in [0.5, 0.6) is 0 Å². The number of hydrogen-bond donors (Lipinski definition) is 3. The zero-order valence-electron chi connectivity index (χ0n) is 20.5. The Labute approximate surface area is 219 Å². The minimum Gasteiger partial charge on any atom is -0.388 e. The van der Waals surface area contributed by atoms with E-state index in [1.165, 1.54) is 22.8 Å². The summed E-state index contributed by atoms with van der Waals surface area (Å²) in [6, 6.07) is 1.93. The second kappa shape index (κ2) is 10.1. The predicted molar refractivity (Wildman–Crippen MR) is 129 cm³/mol. The highest BCUT2D eigenvalue weighted by Gasteiger charge is 2.41. The van der Waals surface area contributed by atoms with Crippen LogP contribution in [0.15, 0.2) is 24.7 Å². The van der Waals surface area contributed by atoms with E-state index >= 15 is 0 Å². The number of alkyl halides is 3. The number of rotatable bonds is 5. The largest absolute Gasteiger partial charge is 0.433 e. The van der Waals surface area contributed by atoms with Gasteiger partial charge in [0.2, 0.25) is 11.7 Å². The summed E-state index contributed by atoms with van der Waals surface area (Å²) in [7, 11) is 1.43. The molecule has 2 aliphatic rings. The lowest BCUT2D eigenvalue weighted by Gasteiger charge is -2.16. The Morgan fingerprint density at radius 3 is 2.72 bits per heavy atom. The Balaban J connectivity index is 1.29. The molecule has 5 rings (SSSR count). The van der Waals surface area contributed by atoms with Crippen molar-refractivity contribution < 1.29 is 32.6 Å². The van der Waals surface area contributed by atoms with Crippen molar-refractivity contribution in [2.75, 3.05) is 19.3 Å². The van der Waals surface area contributed by atoms with Gasteiger partial charge in [-0.2, -0.15) is 13.2 Å². The van der Waals surface area contributed by atoms with E-state index in [1.807, 2.05) is 0 Å². The Kier molecular flexibility index (Phi) is 6.83. The van der Waals surface area contributed by atoms with E-state index < -0.39 is 36.2 Å². The topological polar surface area (TPSA) is 161 Å². The van der Waals surface area contributed by atoms with E-state index in [0.717, 1.165) is 31.2 Å². The monoisotopic (exact) mass is 544 g/mol. The first-order valence-electron chi connectivity index (χ1n) is 11.9. The molecular formula is C24H23F3N8O4. The van der Waals surface area contributed by atoms with Crippen LogP contribution in [0.3, 0.4) is 0 Å². The molecule has 3 aromatic rings. The number of carbonyl (C=O) groups is 2. The van der Waals surface area contributed by atoms with Crippen molar-refractivity contribution in [3.63, 3.8) is 0 Å². The molecule has 2 unspecified atom stereocenters. The Hall–Kier alpha value is -4.29. The first-order chi connectivity index (χ1) is 18.5. The van der Waals surface area contributed by atoms with Crippen molar-refractivity contribution in [3.05, 3.63) is 41.7 Å². The van der Waals surface area contributed by atoms with Crippen LogP contribution in [0.25, 0.3) is 11.2 Å². The zero-order chi connectivity index (χ0) is 27.9. The third-order valence-corrected chi connectivity index (χ3v) is 6.19. The number of pyridine rings is 1. The molecule has 204 valence electrons. The van der Waals surface area contributed by atoms with Gasteiger partial charge in [-0.25, -0.2) is 15.0 Å². The van der Waals surface area contributed by atoms with Crippen LogP contribution in [-0.2, 0) is 15.7 Å². The molecule has 1 saturated heterocycles. The third-order valence-electron chi connectivity index (χ3n) is 6.19. The quantitative estimate of drug-likeness (QED) is 0.396. The standard InChI is InChI=1S/C24H23F3N8O4/c1-34(22(38)12-4-7-16(29-10-12)24(25,26)27)8-2-3-17-32-19(28)18-20(33-17)35(11-30-18)23-14(36)9-15(39-23)21(37)31-13-5-6-13/h4,7,10-11,13-15,23,36H,5-6,8-9H2,1H3,(H,31,37)(H2,28,32,33)/t14-,15?,23?/m1/s1. The van der Waals surface area contributed by atoms with Gasteiger partial charge in [0.1, 0.15) is 23.4 Å². The SMILES string of the molecule is CN(CC#Cc1nc(N)c2ncn(C3OC(C(=O)NC4CC4)C[C@H]3O)c2n1)C(=O)c1ccc(C(F)(F)F)nc1. The van der Waals surface area contributed by atoms with Gasteiger partial charge in [-0.1, -0.05) is 5.92 Å². The fraction of sp³-hybridized carbons (Fsp3) is 0.417. The third kappa shape index (κ3) is 5.61. The smallest absolute Gasteiger partial charge is 0.388 e. The normalized spacial score (nSPS) is 20.9. The maximum absolute atomic E-state index is 12.7. The number of fused-ring (bicyclic) bond motifs is 1. The molecule has 39 heavy (non-hydrogen) atoms. The number of aliphatic hydroxyl groups excluding tert-OH is 1. The summed E-state index contributed by atoms with van der Waals surface area (Å²) >= 11 is 0. The maximum Gasteiger partial charge on any atom is 0.433 e. The summed E-state index contributed by atoms with van der Waals surface area (Å²) in [5, 5.41) is 13.4. The number of amides is 2. The van der Waals surface area contributed by atoms with E-state index in [-0.39, 0.29) is 53.3 Å². The number of imidazole rings is 1. The number of hydrogen-bond acceptors (Lipinski definition) is 9. The molecule has 15 heteroatoms. The average Bonchev–Trinajstić information content (AvgIpc) is 3.47. The fourth-order valence-electron chi connectivity index (χ4n) is 3.99. The Bertz CT molecular complexity index is 1480. The van der Waals surface area contributed by atoms with Crippen molar-refractivity contribution in [1.82, 2.24) is 34.7 Å². The highest BCUT2D eigenvalue weighted by atomic mass is 19.4. The van der Waals surface area contributed by atoms with Gasteiger partial charge in [-0.05, 0) is 30.9 Å². The lowest BCUT2D eigenvalue weighted by molar-refractivity contribution is -0.141. The van der Waals surface area contributed by atoms with Crippen LogP contribution in [0.1, 0.15) is 47.4 Å². The van der Waals surface area contributed by atoms with Crippen molar-refractivity contribution in [2.45, 2.75) is 49.9 Å². The number of nitrogen functional groups attached to an aromatic ring is 1. The van der Waals surface area contributed by atoms with Gasteiger partial charge in [0, 0.05) is 25.7 Å². The first kappa shape index (κ1) is 26.3. The number of carbonyl (C=O) groups excluding carboxylic acids is 2. The predicted octanol–water partition coefficient (Wildman–Crippen LogP) is 0.873. The lowest BCUT2D eigenvalue weighted by Crippen LogP contribution is -2.35. The Morgan fingerprint density at radius 2 is 2.05 bits per heavy atom. The van der Waals surface area contributed by atoms with Gasteiger partial charge in [0.15, 0.2) is 17.7 Å². The minimum atomic E-state index is -4.61. The van der Waals surface area contributed by atoms with Crippen molar-refractivity contribution >= 4 is 28.8 Å². The lowest BCUT2D eigenvalue weighted by atomic mass is 10.2. The molecule has 3 aromatic heterocycles. The number of nitrogens with zero attached hydrogens (tertiary/aromatic N) is 6. The highest BCUT2D eigenvalue weighted by molar-refractivity contribution is 5.94. The number of ether oxygens (including phenoxy) is 1. The van der Waals surface area contributed by atoms with Gasteiger partial charge < -0.3 is 25.8 Å². The number of halogens is 3. The summed E-state index contributed by atoms with van der Waals surface area (Å²) in [6.07, 6.45) is -3.17. The Morgan fingerprint density at radius 1 is 1.28 bits per heavy atom. The number of nitrogens with two attached hydrogens (primary N) is 1. The van der Waals surface area contributed by atoms with E-state index in [1.54, 1.807) is 0 Å². The minimum absolute atomic E-state index is 0.00862. The van der Waals surface area contributed by atoms with Crippen LogP contribution in [0.4, 0.5) is 19.0 Å². The molecule has 2 amide bonds. The summed E-state index contributed by atoms with van der Waals surface area (Å²) < 4.78 is 45.4. The number of nitrogens with one attached hydrogen (secondary N) is 1. The first-order valence-corrected chi connectivity index (χ1v) is 11.9. The van der Waals surface area contributed by atoms with Crippen molar-refractivity contribution in [3.8, 4) is 11.8 Å². The summed E-state index contributed by atoms with van der Waals surface area (Å²) in [4.78, 5) is 42.0. The molecular weight excluding hydrogens is 521 g/mol. The molecule has 1 aliphatic carbocycles. The van der Waals surface area contributed by atoms with Crippen LogP contribution in [0.2, 0.25) is 0 Å².